The van der Waals surface area contributed by atoms with Crippen molar-refractivity contribution in [3.8, 4) is 5.75 Å². The standard InChI is InChI=1S/C17H27NO3/c1-21-15-8-6-14(7-9-15)16(19)12-18-13-17(20)10-4-2-3-5-11-17/h6-9,16,18-20H,2-5,10-13H2,1H3. The van der Waals surface area contributed by atoms with Crippen LogP contribution in [0.15, 0.2) is 24.3 Å². The van der Waals surface area contributed by atoms with E-state index in [1.54, 1.807) is 7.11 Å². The highest BCUT2D eigenvalue weighted by molar-refractivity contribution is 5.28. The molecule has 3 N–H and O–H groups in total. The van der Waals surface area contributed by atoms with Crippen molar-refractivity contribution in [1.29, 1.82) is 0 Å². The fraction of sp³-hybridized carbons (Fsp3) is 0.647. The number of rotatable bonds is 6. The van der Waals surface area contributed by atoms with Crippen molar-refractivity contribution in [2.24, 2.45) is 0 Å². The summed E-state index contributed by atoms with van der Waals surface area (Å²) >= 11 is 0. The lowest BCUT2D eigenvalue weighted by molar-refractivity contribution is 0.0223. The van der Waals surface area contributed by atoms with Gasteiger partial charge < -0.3 is 20.3 Å². The lowest BCUT2D eigenvalue weighted by Gasteiger charge is -2.27. The van der Waals surface area contributed by atoms with Gasteiger partial charge >= 0.3 is 0 Å². The van der Waals surface area contributed by atoms with Gasteiger partial charge in [0.1, 0.15) is 5.75 Å². The minimum absolute atomic E-state index is 0.453. The van der Waals surface area contributed by atoms with Crippen LogP contribution in [0.4, 0.5) is 0 Å². The summed E-state index contributed by atoms with van der Waals surface area (Å²) in [6.07, 6.45) is 5.79. The van der Waals surface area contributed by atoms with E-state index in [1.165, 1.54) is 12.8 Å². The molecule has 118 valence electrons. The molecule has 2 rings (SSSR count). The summed E-state index contributed by atoms with van der Waals surface area (Å²) in [6.45, 7) is 1.01. The third kappa shape index (κ3) is 4.99. The quantitative estimate of drug-likeness (QED) is 0.705. The molecule has 0 radical (unpaired) electrons. The minimum atomic E-state index is -0.601. The first-order valence-corrected chi connectivity index (χ1v) is 7.88. The van der Waals surface area contributed by atoms with E-state index in [1.807, 2.05) is 24.3 Å². The molecule has 1 aromatic rings. The first-order valence-electron chi connectivity index (χ1n) is 7.88. The molecule has 0 saturated heterocycles. The largest absolute Gasteiger partial charge is 0.497 e. The van der Waals surface area contributed by atoms with Crippen LogP contribution in [-0.4, -0.2) is 36.0 Å². The molecule has 1 fully saturated rings. The molecule has 1 aliphatic rings. The minimum Gasteiger partial charge on any atom is -0.497 e. The van der Waals surface area contributed by atoms with E-state index >= 15 is 0 Å². The summed E-state index contributed by atoms with van der Waals surface area (Å²) in [5, 5.41) is 23.9. The molecule has 1 aromatic carbocycles. The molecular formula is C17H27NO3. The average Bonchev–Trinajstić information content (AvgIpc) is 2.72. The fourth-order valence-electron chi connectivity index (χ4n) is 2.95. The number of ether oxygens (including phenoxy) is 1. The third-order valence-electron chi connectivity index (χ3n) is 4.33. The molecule has 1 unspecified atom stereocenters. The molecular weight excluding hydrogens is 266 g/mol. The van der Waals surface area contributed by atoms with Gasteiger partial charge in [0.15, 0.2) is 0 Å². The second-order valence-corrected chi connectivity index (χ2v) is 6.06. The van der Waals surface area contributed by atoms with E-state index in [-0.39, 0.29) is 0 Å². The molecule has 0 aromatic heterocycles. The van der Waals surface area contributed by atoms with E-state index in [9.17, 15) is 10.2 Å². The lowest BCUT2D eigenvalue weighted by Crippen LogP contribution is -2.41. The topological polar surface area (TPSA) is 61.7 Å². The second-order valence-electron chi connectivity index (χ2n) is 6.06. The van der Waals surface area contributed by atoms with Gasteiger partial charge in [0, 0.05) is 13.1 Å². The van der Waals surface area contributed by atoms with E-state index in [2.05, 4.69) is 5.32 Å². The van der Waals surface area contributed by atoms with Gasteiger partial charge in [0.25, 0.3) is 0 Å². The molecule has 4 nitrogen and oxygen atoms in total. The normalized spacial score (nSPS) is 19.8. The molecule has 0 amide bonds. The van der Waals surface area contributed by atoms with Gasteiger partial charge in [0.05, 0.1) is 18.8 Å². The van der Waals surface area contributed by atoms with E-state index in [0.717, 1.165) is 37.0 Å². The van der Waals surface area contributed by atoms with E-state index in [0.29, 0.717) is 13.1 Å². The Hall–Kier alpha value is -1.10. The van der Waals surface area contributed by atoms with Gasteiger partial charge in [-0.05, 0) is 30.5 Å². The van der Waals surface area contributed by atoms with Crippen LogP contribution in [0.3, 0.4) is 0 Å². The zero-order valence-electron chi connectivity index (χ0n) is 12.8. The fourth-order valence-corrected chi connectivity index (χ4v) is 2.95. The van der Waals surface area contributed by atoms with E-state index < -0.39 is 11.7 Å². The number of nitrogens with one attached hydrogen (secondary N) is 1. The smallest absolute Gasteiger partial charge is 0.118 e. The summed E-state index contributed by atoms with van der Waals surface area (Å²) < 4.78 is 5.10. The first kappa shape index (κ1) is 16.3. The number of hydrogen-bond acceptors (Lipinski definition) is 4. The van der Waals surface area contributed by atoms with Crippen LogP contribution in [0, 0.1) is 0 Å². The highest BCUT2D eigenvalue weighted by Gasteiger charge is 2.27. The number of methoxy groups -OCH3 is 1. The van der Waals surface area contributed by atoms with Crippen molar-refractivity contribution in [3.05, 3.63) is 29.8 Å². The van der Waals surface area contributed by atoms with Crippen LogP contribution in [0.2, 0.25) is 0 Å². The Labute approximate surface area is 127 Å². The second kappa shape index (κ2) is 7.78. The number of benzene rings is 1. The molecule has 1 atom stereocenters. The van der Waals surface area contributed by atoms with Crippen LogP contribution in [-0.2, 0) is 0 Å². The van der Waals surface area contributed by atoms with Crippen LogP contribution >= 0.6 is 0 Å². The van der Waals surface area contributed by atoms with Crippen LogP contribution in [0.5, 0.6) is 5.75 Å². The van der Waals surface area contributed by atoms with Gasteiger partial charge in [-0.2, -0.15) is 0 Å². The van der Waals surface area contributed by atoms with E-state index in [4.69, 9.17) is 4.74 Å². The highest BCUT2D eigenvalue weighted by Crippen LogP contribution is 2.26. The summed E-state index contributed by atoms with van der Waals surface area (Å²) in [7, 11) is 1.63. The molecule has 0 bridgehead atoms. The Bertz CT molecular complexity index is 411. The maximum atomic E-state index is 10.5. The lowest BCUT2D eigenvalue weighted by atomic mass is 9.94. The molecule has 1 aliphatic carbocycles. The highest BCUT2D eigenvalue weighted by atomic mass is 16.5. The average molecular weight is 293 g/mol. The Balaban J connectivity index is 1.78. The molecule has 21 heavy (non-hydrogen) atoms. The Morgan fingerprint density at radius 1 is 1.14 bits per heavy atom. The first-order chi connectivity index (χ1) is 10.1. The third-order valence-corrected chi connectivity index (χ3v) is 4.33. The van der Waals surface area contributed by atoms with Crippen molar-refractivity contribution in [3.63, 3.8) is 0 Å². The van der Waals surface area contributed by atoms with Crippen LogP contribution in [0.25, 0.3) is 0 Å². The van der Waals surface area contributed by atoms with Crippen molar-refractivity contribution in [1.82, 2.24) is 5.32 Å². The van der Waals surface area contributed by atoms with Gasteiger partial charge in [0.2, 0.25) is 0 Å². The Morgan fingerprint density at radius 2 is 1.76 bits per heavy atom. The molecule has 4 heteroatoms. The molecule has 0 spiro atoms. The molecule has 0 aliphatic heterocycles. The number of aliphatic hydroxyl groups is 2. The van der Waals surface area contributed by atoms with Crippen LogP contribution in [0.1, 0.15) is 50.2 Å². The van der Waals surface area contributed by atoms with Gasteiger partial charge in [-0.3, -0.25) is 0 Å². The van der Waals surface area contributed by atoms with Crippen molar-refractivity contribution in [2.75, 3.05) is 20.2 Å². The monoisotopic (exact) mass is 293 g/mol. The van der Waals surface area contributed by atoms with Gasteiger partial charge in [-0.1, -0.05) is 37.8 Å². The SMILES string of the molecule is COc1ccc(C(O)CNCC2(O)CCCCCC2)cc1. The van der Waals surface area contributed by atoms with Crippen molar-refractivity contribution >= 4 is 0 Å². The summed E-state index contributed by atoms with van der Waals surface area (Å²) in [5.74, 6) is 0.784. The summed E-state index contributed by atoms with van der Waals surface area (Å²) in [6, 6.07) is 7.42. The van der Waals surface area contributed by atoms with Crippen molar-refractivity contribution < 1.29 is 14.9 Å². The molecule has 1 saturated carbocycles. The molecule has 0 heterocycles. The number of aliphatic hydroxyl groups excluding tert-OH is 1. The van der Waals surface area contributed by atoms with Gasteiger partial charge in [-0.15, -0.1) is 0 Å². The predicted octanol–water partition coefficient (Wildman–Crippen LogP) is 2.40. The van der Waals surface area contributed by atoms with Crippen LogP contribution < -0.4 is 10.1 Å². The Kier molecular flexibility index (Phi) is 6.03. The maximum Gasteiger partial charge on any atom is 0.118 e. The maximum absolute atomic E-state index is 10.5. The zero-order valence-corrected chi connectivity index (χ0v) is 12.8. The zero-order chi connectivity index (χ0) is 15.1. The number of hydrogen-bond donors (Lipinski definition) is 3. The van der Waals surface area contributed by atoms with Gasteiger partial charge in [-0.25, -0.2) is 0 Å². The summed E-state index contributed by atoms with van der Waals surface area (Å²) in [5.41, 5.74) is 0.256. The van der Waals surface area contributed by atoms with Crippen molar-refractivity contribution in [2.45, 2.75) is 50.2 Å². The Morgan fingerprint density at radius 3 is 2.33 bits per heavy atom. The summed E-state index contributed by atoms with van der Waals surface area (Å²) in [4.78, 5) is 0. The predicted molar refractivity (Wildman–Crippen MR) is 83.5 cm³/mol.